The second-order valence-electron chi connectivity index (χ2n) is 5.67. The number of rotatable bonds is 2. The summed E-state index contributed by atoms with van der Waals surface area (Å²) in [7, 11) is -2.39. The molecule has 9 heteroatoms. The molecule has 0 radical (unpaired) electrons. The SMILES string of the molecule is Cn1c(=O)oc2cc(CN3C(=O)Nc4ccccc4S3(=O)=O)ccc21. The predicted octanol–water partition coefficient (Wildman–Crippen LogP) is 1.87. The number of hydrogen-bond acceptors (Lipinski definition) is 5. The van der Waals surface area contributed by atoms with Gasteiger partial charge in [0.1, 0.15) is 4.90 Å². The predicted molar refractivity (Wildman–Crippen MR) is 89.6 cm³/mol. The molecule has 0 aliphatic carbocycles. The number of aryl methyl sites for hydroxylation is 1. The summed E-state index contributed by atoms with van der Waals surface area (Å²) in [4.78, 5) is 23.9. The number of benzene rings is 2. The highest BCUT2D eigenvalue weighted by molar-refractivity contribution is 7.90. The lowest BCUT2D eigenvalue weighted by atomic mass is 10.2. The zero-order chi connectivity index (χ0) is 17.8. The van der Waals surface area contributed by atoms with E-state index in [1.54, 1.807) is 37.4 Å². The average Bonchev–Trinajstić information content (AvgIpc) is 2.86. The first-order chi connectivity index (χ1) is 11.9. The van der Waals surface area contributed by atoms with Crippen LogP contribution >= 0.6 is 0 Å². The van der Waals surface area contributed by atoms with Crippen molar-refractivity contribution in [2.75, 3.05) is 5.32 Å². The number of hydrogen-bond donors (Lipinski definition) is 1. The maximum absolute atomic E-state index is 12.7. The molecule has 0 fully saturated rings. The second-order valence-corrected chi connectivity index (χ2v) is 7.50. The Morgan fingerprint density at radius 1 is 1.12 bits per heavy atom. The summed E-state index contributed by atoms with van der Waals surface area (Å²) in [5.74, 6) is -0.510. The van der Waals surface area contributed by atoms with Crippen molar-refractivity contribution in [3.8, 4) is 0 Å². The summed E-state index contributed by atoms with van der Waals surface area (Å²) in [5, 5.41) is 2.57. The first-order valence-electron chi connectivity index (χ1n) is 7.39. The van der Waals surface area contributed by atoms with Crippen molar-refractivity contribution >= 4 is 32.8 Å². The fourth-order valence-corrected chi connectivity index (χ4v) is 4.27. The van der Waals surface area contributed by atoms with Gasteiger partial charge in [-0.2, -0.15) is 0 Å². The van der Waals surface area contributed by atoms with E-state index in [0.717, 1.165) is 4.31 Å². The van der Waals surface area contributed by atoms with Gasteiger partial charge in [-0.25, -0.2) is 22.3 Å². The fraction of sp³-hybridized carbons (Fsp3) is 0.125. The number of urea groups is 1. The number of para-hydroxylation sites is 1. The Bertz CT molecular complexity index is 1180. The molecular formula is C16H13N3O5S. The maximum atomic E-state index is 12.7. The van der Waals surface area contributed by atoms with Gasteiger partial charge >= 0.3 is 11.8 Å². The van der Waals surface area contributed by atoms with Crippen molar-refractivity contribution in [1.29, 1.82) is 0 Å². The van der Waals surface area contributed by atoms with Crippen molar-refractivity contribution < 1.29 is 17.6 Å². The normalized spacial score (nSPS) is 15.9. The Morgan fingerprint density at radius 2 is 1.88 bits per heavy atom. The molecule has 0 unspecified atom stereocenters. The zero-order valence-electron chi connectivity index (χ0n) is 13.1. The van der Waals surface area contributed by atoms with Crippen LogP contribution in [-0.4, -0.2) is 23.3 Å². The molecule has 0 spiro atoms. The van der Waals surface area contributed by atoms with Gasteiger partial charge in [0.25, 0.3) is 10.0 Å². The van der Waals surface area contributed by atoms with Crippen LogP contribution in [0.5, 0.6) is 0 Å². The number of nitrogens with zero attached hydrogens (tertiary/aromatic N) is 2. The van der Waals surface area contributed by atoms with Crippen LogP contribution in [0.1, 0.15) is 5.56 Å². The molecule has 0 saturated heterocycles. The summed E-state index contributed by atoms with van der Waals surface area (Å²) in [6.07, 6.45) is 0. The number of anilines is 1. The Morgan fingerprint density at radius 3 is 2.68 bits per heavy atom. The third-order valence-electron chi connectivity index (χ3n) is 4.11. The smallest absolute Gasteiger partial charge is 0.408 e. The quantitative estimate of drug-likeness (QED) is 0.753. The van der Waals surface area contributed by atoms with Gasteiger partial charge in [-0.1, -0.05) is 18.2 Å². The number of sulfonamides is 1. The Hall–Kier alpha value is -3.07. The topological polar surface area (TPSA) is 102 Å². The molecule has 0 bridgehead atoms. The molecule has 1 aliphatic rings. The number of aromatic nitrogens is 1. The van der Waals surface area contributed by atoms with E-state index in [1.165, 1.54) is 16.7 Å². The Kier molecular flexibility index (Phi) is 3.22. The zero-order valence-corrected chi connectivity index (χ0v) is 13.9. The van der Waals surface area contributed by atoms with Crippen LogP contribution < -0.4 is 11.1 Å². The van der Waals surface area contributed by atoms with E-state index >= 15 is 0 Å². The molecule has 0 atom stereocenters. The van der Waals surface area contributed by atoms with E-state index in [-0.39, 0.29) is 17.1 Å². The van der Waals surface area contributed by atoms with Crippen molar-refractivity contribution in [2.45, 2.75) is 11.4 Å². The largest absolute Gasteiger partial charge is 0.419 e. The Labute approximate surface area is 142 Å². The molecule has 1 aromatic heterocycles. The van der Waals surface area contributed by atoms with E-state index in [2.05, 4.69) is 5.32 Å². The first kappa shape index (κ1) is 15.5. The molecule has 1 aliphatic heterocycles. The van der Waals surface area contributed by atoms with Gasteiger partial charge in [0.05, 0.1) is 17.7 Å². The molecule has 4 rings (SSSR count). The van der Waals surface area contributed by atoms with Crippen molar-refractivity contribution in [3.63, 3.8) is 0 Å². The average molecular weight is 359 g/mol. The number of amides is 2. The minimum atomic E-state index is -3.96. The van der Waals surface area contributed by atoms with E-state index in [9.17, 15) is 18.0 Å². The lowest BCUT2D eigenvalue weighted by Crippen LogP contribution is -2.43. The molecule has 2 amide bonds. The molecule has 8 nitrogen and oxygen atoms in total. The number of carbonyl (C=O) groups is 1. The van der Waals surface area contributed by atoms with E-state index in [1.807, 2.05) is 0 Å². The van der Waals surface area contributed by atoms with Gasteiger partial charge in [0.15, 0.2) is 5.58 Å². The van der Waals surface area contributed by atoms with Crippen LogP contribution in [0.3, 0.4) is 0 Å². The summed E-state index contributed by atoms with van der Waals surface area (Å²) in [6, 6.07) is 10.3. The van der Waals surface area contributed by atoms with Crippen LogP contribution in [0.15, 0.2) is 56.6 Å². The number of fused-ring (bicyclic) bond motifs is 2. The molecule has 25 heavy (non-hydrogen) atoms. The summed E-state index contributed by atoms with van der Waals surface area (Å²) < 4.78 is 32.7. The van der Waals surface area contributed by atoms with Crippen LogP contribution in [0.2, 0.25) is 0 Å². The fourth-order valence-electron chi connectivity index (χ4n) is 2.80. The lowest BCUT2D eigenvalue weighted by Gasteiger charge is -2.28. The van der Waals surface area contributed by atoms with Crippen molar-refractivity contribution in [2.24, 2.45) is 7.05 Å². The Balaban J connectivity index is 1.75. The molecule has 2 aromatic carbocycles. The van der Waals surface area contributed by atoms with Crippen molar-refractivity contribution in [3.05, 3.63) is 58.6 Å². The number of oxazole rings is 1. The highest BCUT2D eigenvalue weighted by Crippen LogP contribution is 2.31. The molecule has 2 heterocycles. The third-order valence-corrected chi connectivity index (χ3v) is 5.89. The molecule has 3 aromatic rings. The van der Waals surface area contributed by atoms with Crippen molar-refractivity contribution in [1.82, 2.24) is 8.87 Å². The minimum Gasteiger partial charge on any atom is -0.408 e. The maximum Gasteiger partial charge on any atom is 0.419 e. The highest BCUT2D eigenvalue weighted by atomic mass is 32.2. The van der Waals surface area contributed by atoms with Gasteiger partial charge in [0.2, 0.25) is 0 Å². The van der Waals surface area contributed by atoms with Gasteiger partial charge in [-0.05, 0) is 29.8 Å². The minimum absolute atomic E-state index is 0.0434. The first-order valence-corrected chi connectivity index (χ1v) is 8.83. The standard InChI is InChI=1S/C16H13N3O5S/c1-18-12-7-6-10(8-13(12)24-16(18)21)9-19-15(20)17-11-4-2-3-5-14(11)25(19,22)23/h2-8H,9H2,1H3,(H,17,20). The number of carbonyl (C=O) groups excluding carboxylic acids is 1. The van der Waals surface area contributed by atoms with E-state index in [4.69, 9.17) is 4.42 Å². The molecule has 1 N–H and O–H groups in total. The third kappa shape index (κ3) is 2.31. The van der Waals surface area contributed by atoms with E-state index < -0.39 is 21.8 Å². The van der Waals surface area contributed by atoms with Crippen LogP contribution in [-0.2, 0) is 23.6 Å². The highest BCUT2D eigenvalue weighted by Gasteiger charge is 2.36. The van der Waals surface area contributed by atoms with Gasteiger partial charge < -0.3 is 9.73 Å². The molecule has 0 saturated carbocycles. The summed E-state index contributed by atoms with van der Waals surface area (Å²) >= 11 is 0. The van der Waals surface area contributed by atoms with Gasteiger partial charge in [0, 0.05) is 7.05 Å². The monoisotopic (exact) mass is 359 g/mol. The summed E-state index contributed by atoms with van der Waals surface area (Å²) in [5.41, 5.74) is 1.71. The molecular weight excluding hydrogens is 346 g/mol. The number of nitrogens with one attached hydrogen (secondary N) is 1. The van der Waals surface area contributed by atoms with E-state index in [0.29, 0.717) is 16.7 Å². The van der Waals surface area contributed by atoms with Gasteiger partial charge in [-0.15, -0.1) is 0 Å². The molecule has 128 valence electrons. The van der Waals surface area contributed by atoms with Gasteiger partial charge in [-0.3, -0.25) is 4.57 Å². The lowest BCUT2D eigenvalue weighted by molar-refractivity contribution is 0.233. The van der Waals surface area contributed by atoms with Crippen LogP contribution in [0, 0.1) is 0 Å². The summed E-state index contributed by atoms with van der Waals surface area (Å²) in [6.45, 7) is -0.170. The van der Waals surface area contributed by atoms with Crippen LogP contribution in [0.25, 0.3) is 11.1 Å². The van der Waals surface area contributed by atoms with Crippen LogP contribution in [0.4, 0.5) is 10.5 Å². The second kappa shape index (κ2) is 5.21.